The van der Waals surface area contributed by atoms with E-state index < -0.39 is 48.2 Å². The Balaban J connectivity index is 1.57. The number of halogens is 1. The number of esters is 1. The molecular weight excluding hydrogens is 558 g/mol. The molecule has 38 heavy (non-hydrogen) atoms. The molecule has 1 saturated heterocycles. The van der Waals surface area contributed by atoms with Crippen molar-refractivity contribution in [1.82, 2.24) is 10.2 Å². The molecule has 1 heterocycles. The zero-order chi connectivity index (χ0) is 27.2. The second-order valence-electron chi connectivity index (χ2n) is 8.98. The molecule has 0 radical (unpaired) electrons. The van der Waals surface area contributed by atoms with Crippen LogP contribution in [-0.4, -0.2) is 71.8 Å². The molecular formula is C27H28BrN3O7. The topological polar surface area (TPSA) is 134 Å². The number of likely N-dealkylation sites (tertiary alicyclic amines) is 1. The fourth-order valence-electron chi connectivity index (χ4n) is 4.61. The summed E-state index contributed by atoms with van der Waals surface area (Å²) in [6, 6.07) is 13.6. The molecule has 3 amide bonds. The van der Waals surface area contributed by atoms with E-state index in [0.717, 1.165) is 0 Å². The summed E-state index contributed by atoms with van der Waals surface area (Å²) in [6.45, 7) is 0.354. The Kier molecular flexibility index (Phi) is 8.80. The van der Waals surface area contributed by atoms with E-state index in [-0.39, 0.29) is 12.0 Å². The maximum atomic E-state index is 13.5. The van der Waals surface area contributed by atoms with Gasteiger partial charge in [-0.25, -0.2) is 9.59 Å². The molecule has 1 fully saturated rings. The fourth-order valence-corrected chi connectivity index (χ4v) is 5.07. The number of ether oxygens (including phenoxy) is 2. The maximum absolute atomic E-state index is 13.5. The number of amides is 3. The number of methoxy groups -OCH3 is 1. The first kappa shape index (κ1) is 27.3. The van der Waals surface area contributed by atoms with E-state index in [1.807, 2.05) is 0 Å². The lowest BCUT2D eigenvalue weighted by Gasteiger charge is -2.35. The van der Waals surface area contributed by atoms with E-state index in [4.69, 9.17) is 9.47 Å². The highest BCUT2D eigenvalue weighted by Gasteiger charge is 2.41. The Morgan fingerprint density at radius 2 is 1.76 bits per heavy atom. The van der Waals surface area contributed by atoms with Gasteiger partial charge in [0.25, 0.3) is 5.91 Å². The molecule has 10 nitrogen and oxygen atoms in total. The fraction of sp³-hybridized carbons (Fsp3) is 0.333. The predicted molar refractivity (Wildman–Crippen MR) is 141 cm³/mol. The number of benzene rings is 2. The summed E-state index contributed by atoms with van der Waals surface area (Å²) in [5.41, 5.74) is 1.03. The maximum Gasteiger partial charge on any atom is 0.411 e. The van der Waals surface area contributed by atoms with Crippen LogP contribution in [0, 0.1) is 0 Å². The van der Waals surface area contributed by atoms with Crippen molar-refractivity contribution < 1.29 is 33.8 Å². The van der Waals surface area contributed by atoms with Gasteiger partial charge in [0.15, 0.2) is 0 Å². The second kappa shape index (κ2) is 12.2. The third-order valence-corrected chi connectivity index (χ3v) is 7.20. The minimum Gasteiger partial charge on any atom is -0.467 e. The van der Waals surface area contributed by atoms with Gasteiger partial charge in [0.05, 0.1) is 18.7 Å². The van der Waals surface area contributed by atoms with Gasteiger partial charge in [0, 0.05) is 28.7 Å². The molecule has 0 aromatic heterocycles. The van der Waals surface area contributed by atoms with E-state index in [1.54, 1.807) is 54.6 Å². The highest BCUT2D eigenvalue weighted by molar-refractivity contribution is 9.10. The van der Waals surface area contributed by atoms with Crippen molar-refractivity contribution in [2.45, 2.75) is 43.6 Å². The molecule has 2 aromatic rings. The van der Waals surface area contributed by atoms with Gasteiger partial charge in [-0.15, -0.1) is 0 Å². The smallest absolute Gasteiger partial charge is 0.411 e. The molecule has 4 atom stereocenters. The zero-order valence-corrected chi connectivity index (χ0v) is 22.2. The third-order valence-electron chi connectivity index (χ3n) is 6.51. The van der Waals surface area contributed by atoms with Crippen LogP contribution in [0.25, 0.3) is 0 Å². The standard InChI is InChI=1S/C27H28BrN3O7/c1-37-26(35)21-12-7-13-31(21)25(34)16-14-20(30-24(33)18-10-5-6-11-19(18)28)23(32)22(15-16)38-27(36)29-17-8-3-2-4-9-17/h2-6,8-11,14,20-23,32H,7,12-13,15H2,1H3,(H,29,36)(H,30,33). The molecule has 4 unspecified atom stereocenters. The van der Waals surface area contributed by atoms with Gasteiger partial charge >= 0.3 is 12.1 Å². The minimum atomic E-state index is -1.34. The predicted octanol–water partition coefficient (Wildman–Crippen LogP) is 3.02. The number of nitrogens with zero attached hydrogens (tertiary/aromatic N) is 1. The van der Waals surface area contributed by atoms with Crippen molar-refractivity contribution in [1.29, 1.82) is 0 Å². The first-order chi connectivity index (χ1) is 18.3. The molecule has 1 aliphatic heterocycles. The number of carbonyl (C=O) groups excluding carboxylic acids is 4. The van der Waals surface area contributed by atoms with Crippen LogP contribution in [0.4, 0.5) is 10.5 Å². The van der Waals surface area contributed by atoms with Crippen LogP contribution in [-0.2, 0) is 19.1 Å². The van der Waals surface area contributed by atoms with Gasteiger partial charge in [-0.05, 0) is 53.0 Å². The molecule has 3 N–H and O–H groups in total. The molecule has 200 valence electrons. The van der Waals surface area contributed by atoms with Crippen molar-refractivity contribution in [3.63, 3.8) is 0 Å². The number of para-hydroxylation sites is 1. The average Bonchev–Trinajstić information content (AvgIpc) is 3.40. The highest BCUT2D eigenvalue weighted by atomic mass is 79.9. The molecule has 1 aliphatic carbocycles. The van der Waals surface area contributed by atoms with E-state index in [0.29, 0.717) is 35.1 Å². The molecule has 0 bridgehead atoms. The van der Waals surface area contributed by atoms with Crippen molar-refractivity contribution in [2.75, 3.05) is 19.0 Å². The lowest BCUT2D eigenvalue weighted by molar-refractivity contribution is -0.150. The van der Waals surface area contributed by atoms with Crippen LogP contribution >= 0.6 is 15.9 Å². The molecule has 4 rings (SSSR count). The van der Waals surface area contributed by atoms with Crippen LogP contribution in [0.1, 0.15) is 29.6 Å². The highest BCUT2D eigenvalue weighted by Crippen LogP contribution is 2.28. The van der Waals surface area contributed by atoms with Crippen LogP contribution in [0.3, 0.4) is 0 Å². The molecule has 2 aliphatic rings. The second-order valence-corrected chi connectivity index (χ2v) is 9.83. The number of rotatable bonds is 6. The van der Waals surface area contributed by atoms with Crippen molar-refractivity contribution in [3.05, 3.63) is 76.3 Å². The Bertz CT molecular complexity index is 1240. The Labute approximate surface area is 228 Å². The summed E-state index contributed by atoms with van der Waals surface area (Å²) in [7, 11) is 1.27. The van der Waals surface area contributed by atoms with Crippen LogP contribution in [0.5, 0.6) is 0 Å². The number of anilines is 1. The van der Waals surface area contributed by atoms with Gasteiger partial charge in [-0.1, -0.05) is 36.4 Å². The van der Waals surface area contributed by atoms with Crippen LogP contribution in [0.2, 0.25) is 0 Å². The quantitative estimate of drug-likeness (QED) is 0.443. The van der Waals surface area contributed by atoms with Crippen LogP contribution < -0.4 is 10.6 Å². The van der Waals surface area contributed by atoms with E-state index in [9.17, 15) is 24.3 Å². The number of nitrogens with one attached hydrogen (secondary N) is 2. The summed E-state index contributed by atoms with van der Waals surface area (Å²) in [5.74, 6) is -1.45. The monoisotopic (exact) mass is 585 g/mol. The largest absolute Gasteiger partial charge is 0.467 e. The van der Waals surface area contributed by atoms with Crippen LogP contribution in [0.15, 0.2) is 70.7 Å². The Hall–Kier alpha value is -3.70. The number of hydrogen-bond donors (Lipinski definition) is 3. The van der Waals surface area contributed by atoms with Gasteiger partial charge < -0.3 is 24.8 Å². The van der Waals surface area contributed by atoms with Gasteiger partial charge in [0.1, 0.15) is 18.2 Å². The van der Waals surface area contributed by atoms with Crippen molar-refractivity contribution in [2.24, 2.45) is 0 Å². The SMILES string of the molecule is COC(=O)C1CCCN1C(=O)C1=CC(NC(=O)c2ccccc2Br)C(O)C(OC(=O)Nc2ccccc2)C1. The lowest BCUT2D eigenvalue weighted by atomic mass is 9.89. The Morgan fingerprint density at radius 3 is 2.47 bits per heavy atom. The first-order valence-electron chi connectivity index (χ1n) is 12.1. The molecule has 11 heteroatoms. The van der Waals surface area contributed by atoms with Crippen molar-refractivity contribution in [3.8, 4) is 0 Å². The summed E-state index contributed by atoms with van der Waals surface area (Å²) < 4.78 is 10.9. The summed E-state index contributed by atoms with van der Waals surface area (Å²) in [6.07, 6.45) is -0.852. The lowest BCUT2D eigenvalue weighted by Crippen LogP contribution is -2.53. The zero-order valence-electron chi connectivity index (χ0n) is 20.6. The van der Waals surface area contributed by atoms with E-state index >= 15 is 0 Å². The van der Waals surface area contributed by atoms with E-state index in [1.165, 1.54) is 18.1 Å². The molecule has 0 spiro atoms. The van der Waals surface area contributed by atoms with Crippen molar-refractivity contribution >= 4 is 45.5 Å². The van der Waals surface area contributed by atoms with E-state index in [2.05, 4.69) is 26.6 Å². The minimum absolute atomic E-state index is 0.103. The Morgan fingerprint density at radius 1 is 1.05 bits per heavy atom. The third kappa shape index (κ3) is 6.22. The molecule has 2 aromatic carbocycles. The normalized spacial score (nSPS) is 22.7. The number of carbonyl (C=O) groups is 4. The average molecular weight is 586 g/mol. The summed E-state index contributed by atoms with van der Waals surface area (Å²) in [5, 5.41) is 16.4. The van der Waals surface area contributed by atoms with Gasteiger partial charge in [-0.2, -0.15) is 0 Å². The molecule has 0 saturated carbocycles. The number of hydrogen-bond acceptors (Lipinski definition) is 7. The van der Waals surface area contributed by atoms with Gasteiger partial charge in [-0.3, -0.25) is 14.9 Å². The van der Waals surface area contributed by atoms with Gasteiger partial charge in [0.2, 0.25) is 5.91 Å². The summed E-state index contributed by atoms with van der Waals surface area (Å²) in [4.78, 5) is 52.8. The summed E-state index contributed by atoms with van der Waals surface area (Å²) >= 11 is 3.34. The number of aliphatic hydroxyl groups excluding tert-OH is 1. The first-order valence-corrected chi connectivity index (χ1v) is 12.9. The number of aliphatic hydroxyl groups is 1.